The molecule has 0 aromatic heterocycles. The van der Waals surface area contributed by atoms with E-state index in [1.54, 1.807) is 49.6 Å². The van der Waals surface area contributed by atoms with Crippen LogP contribution in [0.25, 0.3) is 6.08 Å². The van der Waals surface area contributed by atoms with Gasteiger partial charge in [-0.1, -0.05) is 36.4 Å². The second-order valence-electron chi connectivity index (χ2n) is 5.38. The van der Waals surface area contributed by atoms with E-state index in [4.69, 9.17) is 25.8 Å². The lowest BCUT2D eigenvalue weighted by atomic mass is 10.2. The second-order valence-corrected chi connectivity index (χ2v) is 5.79. The number of halogens is 1. The molecule has 2 aromatic rings. The highest BCUT2D eigenvalue weighted by atomic mass is 35.5. The molecular weight excluding hydrogens is 366 g/mol. The zero-order valence-electron chi connectivity index (χ0n) is 15.3. The fourth-order valence-electron chi connectivity index (χ4n) is 2.30. The number of hydrogen-bond donors (Lipinski definition) is 1. The summed E-state index contributed by atoms with van der Waals surface area (Å²) in [5.74, 6) is 1.34. The minimum atomic E-state index is -0.302. The van der Waals surface area contributed by atoms with Gasteiger partial charge in [-0.3, -0.25) is 4.79 Å². The lowest BCUT2D eigenvalue weighted by Gasteiger charge is -2.12. The Bertz CT molecular complexity index is 833. The molecule has 0 bridgehead atoms. The number of carbonyl (C=O) groups is 1. The van der Waals surface area contributed by atoms with Crippen molar-refractivity contribution >= 4 is 29.3 Å². The van der Waals surface area contributed by atoms with Crippen molar-refractivity contribution in [1.82, 2.24) is 0 Å². The van der Waals surface area contributed by atoms with Crippen LogP contribution in [0.15, 0.2) is 55.1 Å². The van der Waals surface area contributed by atoms with Gasteiger partial charge in [-0.2, -0.15) is 0 Å². The number of benzene rings is 2. The largest absolute Gasteiger partial charge is 0.493 e. The normalized spacial score (nSPS) is 10.5. The summed E-state index contributed by atoms with van der Waals surface area (Å²) in [4.78, 5) is 12.3. The number of amides is 1. The van der Waals surface area contributed by atoms with Gasteiger partial charge >= 0.3 is 0 Å². The van der Waals surface area contributed by atoms with Crippen LogP contribution < -0.4 is 19.5 Å². The molecule has 1 amide bonds. The van der Waals surface area contributed by atoms with Crippen molar-refractivity contribution in [3.63, 3.8) is 0 Å². The van der Waals surface area contributed by atoms with Crippen molar-refractivity contribution in [2.24, 2.45) is 0 Å². The van der Waals surface area contributed by atoms with Crippen LogP contribution in [0.3, 0.4) is 0 Å². The van der Waals surface area contributed by atoms with Crippen molar-refractivity contribution in [3.05, 3.63) is 65.7 Å². The van der Waals surface area contributed by atoms with E-state index >= 15 is 0 Å². The third-order valence-corrected chi connectivity index (χ3v) is 3.78. The molecule has 0 heterocycles. The van der Waals surface area contributed by atoms with E-state index in [0.717, 1.165) is 5.56 Å². The van der Waals surface area contributed by atoms with E-state index in [1.165, 1.54) is 6.08 Å². The molecule has 0 aliphatic carbocycles. The van der Waals surface area contributed by atoms with Crippen LogP contribution in [-0.2, 0) is 4.79 Å². The van der Waals surface area contributed by atoms with Gasteiger partial charge in [0.15, 0.2) is 17.2 Å². The maximum atomic E-state index is 12.3. The molecule has 0 fully saturated rings. The van der Waals surface area contributed by atoms with E-state index in [-0.39, 0.29) is 5.91 Å². The predicted octanol–water partition coefficient (Wildman–Crippen LogP) is 4.96. The molecule has 2 rings (SSSR count). The fraction of sp³-hybridized carbons (Fsp3) is 0.190. The van der Waals surface area contributed by atoms with E-state index in [9.17, 15) is 4.79 Å². The van der Waals surface area contributed by atoms with Crippen molar-refractivity contribution in [2.75, 3.05) is 25.6 Å². The molecular formula is C21H22ClNO4. The molecule has 0 saturated heterocycles. The molecule has 2 aromatic carbocycles. The van der Waals surface area contributed by atoms with Gasteiger partial charge in [-0.15, -0.1) is 0 Å². The van der Waals surface area contributed by atoms with Gasteiger partial charge in [0.05, 0.1) is 24.4 Å². The molecule has 0 aliphatic heterocycles. The van der Waals surface area contributed by atoms with Crippen molar-refractivity contribution in [2.45, 2.75) is 6.92 Å². The first-order valence-electron chi connectivity index (χ1n) is 8.41. The number of ether oxygens (including phenoxy) is 3. The van der Waals surface area contributed by atoms with Gasteiger partial charge in [0.25, 0.3) is 0 Å². The smallest absolute Gasteiger partial charge is 0.248 e. The fourth-order valence-corrected chi connectivity index (χ4v) is 2.53. The van der Waals surface area contributed by atoms with Gasteiger partial charge in [0, 0.05) is 6.08 Å². The molecule has 5 nitrogen and oxygen atoms in total. The molecule has 0 aliphatic rings. The summed E-state index contributed by atoms with van der Waals surface area (Å²) in [6, 6.07) is 10.6. The minimum Gasteiger partial charge on any atom is -0.493 e. The Morgan fingerprint density at radius 1 is 1.22 bits per heavy atom. The van der Waals surface area contributed by atoms with Gasteiger partial charge < -0.3 is 19.5 Å². The second kappa shape index (κ2) is 10.3. The van der Waals surface area contributed by atoms with Crippen molar-refractivity contribution in [3.8, 4) is 17.2 Å². The van der Waals surface area contributed by atoms with Crippen LogP contribution in [0.2, 0.25) is 5.02 Å². The number of hydrogen-bond acceptors (Lipinski definition) is 4. The number of para-hydroxylation sites is 1. The zero-order chi connectivity index (χ0) is 19.6. The number of nitrogens with one attached hydrogen (secondary N) is 1. The standard InChI is InChI=1S/C21H22ClNO4/c1-4-13-27-18-11-9-15(14-19(18)25-3)10-12-20(24)23-17-8-6-7-16(22)21(17)26-5-2/h4,6-12,14H,1,5,13H2,2-3H3,(H,23,24). The average Bonchev–Trinajstić information content (AvgIpc) is 2.67. The van der Waals surface area contributed by atoms with Gasteiger partial charge in [0.1, 0.15) is 6.61 Å². The monoisotopic (exact) mass is 387 g/mol. The Labute approximate surface area is 164 Å². The Hall–Kier alpha value is -2.92. The first-order valence-corrected chi connectivity index (χ1v) is 8.79. The summed E-state index contributed by atoms with van der Waals surface area (Å²) in [5.41, 5.74) is 1.31. The average molecular weight is 388 g/mol. The van der Waals surface area contributed by atoms with Crippen LogP contribution in [0.4, 0.5) is 5.69 Å². The summed E-state index contributed by atoms with van der Waals surface area (Å²) in [6.07, 6.45) is 4.76. The molecule has 0 atom stereocenters. The third-order valence-electron chi connectivity index (χ3n) is 3.49. The van der Waals surface area contributed by atoms with Crippen LogP contribution in [-0.4, -0.2) is 26.2 Å². The lowest BCUT2D eigenvalue weighted by molar-refractivity contribution is -0.111. The molecule has 142 valence electrons. The summed E-state index contributed by atoms with van der Waals surface area (Å²) >= 11 is 6.12. The topological polar surface area (TPSA) is 56.8 Å². The SMILES string of the molecule is C=CCOc1ccc(C=CC(=O)Nc2cccc(Cl)c2OCC)cc1OC. The van der Waals surface area contributed by atoms with Crippen molar-refractivity contribution < 1.29 is 19.0 Å². The summed E-state index contributed by atoms with van der Waals surface area (Å²) in [5, 5.41) is 3.22. The molecule has 27 heavy (non-hydrogen) atoms. The van der Waals surface area contributed by atoms with Crippen LogP contribution >= 0.6 is 11.6 Å². The van der Waals surface area contributed by atoms with Gasteiger partial charge in [-0.05, 0) is 42.8 Å². The maximum Gasteiger partial charge on any atom is 0.248 e. The summed E-state index contributed by atoms with van der Waals surface area (Å²) < 4.78 is 16.3. The van der Waals surface area contributed by atoms with E-state index in [1.807, 2.05) is 13.0 Å². The first-order chi connectivity index (χ1) is 13.1. The Balaban J connectivity index is 2.11. The minimum absolute atomic E-state index is 0.302. The number of rotatable bonds is 9. The van der Waals surface area contributed by atoms with E-state index in [2.05, 4.69) is 11.9 Å². The number of anilines is 1. The molecule has 0 radical (unpaired) electrons. The van der Waals surface area contributed by atoms with Crippen LogP contribution in [0, 0.1) is 0 Å². The third kappa shape index (κ3) is 5.79. The summed E-state index contributed by atoms with van der Waals surface area (Å²) in [6.45, 7) is 6.30. The number of carbonyl (C=O) groups excluding carboxylic acids is 1. The van der Waals surface area contributed by atoms with Crippen LogP contribution in [0.1, 0.15) is 12.5 Å². The van der Waals surface area contributed by atoms with Gasteiger partial charge in [-0.25, -0.2) is 0 Å². The number of methoxy groups -OCH3 is 1. The van der Waals surface area contributed by atoms with Crippen LogP contribution in [0.5, 0.6) is 17.2 Å². The lowest BCUT2D eigenvalue weighted by Crippen LogP contribution is -2.09. The van der Waals surface area contributed by atoms with Crippen molar-refractivity contribution in [1.29, 1.82) is 0 Å². The predicted molar refractivity (Wildman–Crippen MR) is 109 cm³/mol. The molecule has 0 unspecified atom stereocenters. The molecule has 1 N–H and O–H groups in total. The van der Waals surface area contributed by atoms with E-state index < -0.39 is 0 Å². The molecule has 0 saturated carbocycles. The van der Waals surface area contributed by atoms with Gasteiger partial charge in [0.2, 0.25) is 5.91 Å². The Morgan fingerprint density at radius 2 is 2.04 bits per heavy atom. The Kier molecular flexibility index (Phi) is 7.77. The zero-order valence-corrected chi connectivity index (χ0v) is 16.1. The highest BCUT2D eigenvalue weighted by Crippen LogP contribution is 2.33. The molecule has 6 heteroatoms. The molecule has 0 spiro atoms. The quantitative estimate of drug-likeness (QED) is 0.488. The first kappa shape index (κ1) is 20.4. The maximum absolute atomic E-state index is 12.3. The Morgan fingerprint density at radius 3 is 2.74 bits per heavy atom. The summed E-state index contributed by atoms with van der Waals surface area (Å²) in [7, 11) is 1.56. The van der Waals surface area contributed by atoms with E-state index in [0.29, 0.717) is 41.2 Å². The highest BCUT2D eigenvalue weighted by molar-refractivity contribution is 6.32. The highest BCUT2D eigenvalue weighted by Gasteiger charge is 2.10.